The van der Waals surface area contributed by atoms with Gasteiger partial charge in [0.15, 0.2) is 0 Å². The molecule has 1 aromatic carbocycles. The molecule has 7 nitrogen and oxygen atoms in total. The third-order valence-electron chi connectivity index (χ3n) is 4.98. The van der Waals surface area contributed by atoms with E-state index in [9.17, 15) is 4.79 Å². The van der Waals surface area contributed by atoms with Gasteiger partial charge >= 0.3 is 0 Å². The summed E-state index contributed by atoms with van der Waals surface area (Å²) in [5.74, 6) is 0.399. The molecule has 26 heavy (non-hydrogen) atoms. The van der Waals surface area contributed by atoms with Crippen LogP contribution >= 0.6 is 0 Å². The number of nitrogens with zero attached hydrogens (tertiary/aromatic N) is 6. The Bertz CT molecular complexity index is 914. The maximum Gasteiger partial charge on any atom is 0.256 e. The standard InChI is InChI=1S/C19H22N6O/c1-14-5-6-18(25-12-20-21-13-25)17(8-14)19(26)24-7-3-4-15(11-24)16-9-22-23(2)10-16/h5-6,8-10,12-13,15H,3-4,7,11H2,1-2H3. The van der Waals surface area contributed by atoms with Crippen LogP contribution in [-0.2, 0) is 7.05 Å². The zero-order chi connectivity index (χ0) is 18.1. The number of hydrogen-bond acceptors (Lipinski definition) is 4. The second-order valence-corrected chi connectivity index (χ2v) is 6.93. The summed E-state index contributed by atoms with van der Waals surface area (Å²) in [6.45, 7) is 3.51. The summed E-state index contributed by atoms with van der Waals surface area (Å²) < 4.78 is 3.61. The number of carbonyl (C=O) groups excluding carboxylic acids is 1. The van der Waals surface area contributed by atoms with E-state index in [2.05, 4.69) is 15.3 Å². The molecule has 3 heterocycles. The Morgan fingerprint density at radius 3 is 2.77 bits per heavy atom. The molecule has 2 aromatic heterocycles. The number of piperidine rings is 1. The van der Waals surface area contributed by atoms with Crippen LogP contribution in [0.4, 0.5) is 0 Å². The van der Waals surface area contributed by atoms with Gasteiger partial charge < -0.3 is 4.90 Å². The van der Waals surface area contributed by atoms with Crippen LogP contribution in [0.2, 0.25) is 0 Å². The largest absolute Gasteiger partial charge is 0.338 e. The Morgan fingerprint density at radius 1 is 1.23 bits per heavy atom. The molecule has 3 aromatic rings. The van der Waals surface area contributed by atoms with Crippen molar-refractivity contribution in [3.05, 3.63) is 59.9 Å². The first kappa shape index (κ1) is 16.5. The second-order valence-electron chi connectivity index (χ2n) is 6.93. The maximum absolute atomic E-state index is 13.3. The van der Waals surface area contributed by atoms with Crippen molar-refractivity contribution in [2.45, 2.75) is 25.7 Å². The highest BCUT2D eigenvalue weighted by molar-refractivity contribution is 5.98. The van der Waals surface area contributed by atoms with Gasteiger partial charge in [-0.1, -0.05) is 11.6 Å². The van der Waals surface area contributed by atoms with Crippen molar-refractivity contribution >= 4 is 5.91 Å². The number of likely N-dealkylation sites (tertiary alicyclic amines) is 1. The van der Waals surface area contributed by atoms with Gasteiger partial charge in [-0.3, -0.25) is 14.0 Å². The smallest absolute Gasteiger partial charge is 0.256 e. The van der Waals surface area contributed by atoms with E-state index in [1.54, 1.807) is 17.2 Å². The lowest BCUT2D eigenvalue weighted by Crippen LogP contribution is -2.39. The van der Waals surface area contributed by atoms with Gasteiger partial charge in [0.1, 0.15) is 12.7 Å². The first-order valence-electron chi connectivity index (χ1n) is 8.85. The van der Waals surface area contributed by atoms with Gasteiger partial charge in [0.2, 0.25) is 0 Å². The molecule has 1 unspecified atom stereocenters. The molecule has 0 radical (unpaired) electrons. The number of carbonyl (C=O) groups is 1. The predicted molar refractivity (Wildman–Crippen MR) is 97.2 cm³/mol. The van der Waals surface area contributed by atoms with Crippen molar-refractivity contribution in [1.82, 2.24) is 29.4 Å². The van der Waals surface area contributed by atoms with Crippen molar-refractivity contribution in [2.75, 3.05) is 13.1 Å². The fraction of sp³-hybridized carbons (Fsp3) is 0.368. The molecule has 1 atom stereocenters. The molecule has 0 aliphatic carbocycles. The molecule has 1 saturated heterocycles. The third-order valence-corrected chi connectivity index (χ3v) is 4.98. The topological polar surface area (TPSA) is 68.8 Å². The average Bonchev–Trinajstić information content (AvgIpc) is 3.33. The van der Waals surface area contributed by atoms with Gasteiger partial charge in [-0.25, -0.2) is 0 Å². The Labute approximate surface area is 152 Å². The zero-order valence-electron chi connectivity index (χ0n) is 15.0. The average molecular weight is 350 g/mol. The number of amides is 1. The SMILES string of the molecule is Cc1ccc(-n2cnnc2)c(C(=O)N2CCCC(c3cnn(C)c3)C2)c1. The summed E-state index contributed by atoms with van der Waals surface area (Å²) in [5, 5.41) is 12.0. The molecule has 4 rings (SSSR count). The summed E-state index contributed by atoms with van der Waals surface area (Å²) in [6, 6.07) is 5.90. The summed E-state index contributed by atoms with van der Waals surface area (Å²) in [5.41, 5.74) is 3.77. The normalized spacial score (nSPS) is 17.5. The van der Waals surface area contributed by atoms with Crippen LogP contribution in [0.25, 0.3) is 5.69 Å². The van der Waals surface area contributed by atoms with Gasteiger partial charge in [-0.15, -0.1) is 10.2 Å². The van der Waals surface area contributed by atoms with Crippen LogP contribution in [0, 0.1) is 6.92 Å². The fourth-order valence-electron chi connectivity index (χ4n) is 3.63. The molecule has 134 valence electrons. The third kappa shape index (κ3) is 3.12. The van der Waals surface area contributed by atoms with E-state index in [-0.39, 0.29) is 5.91 Å². The van der Waals surface area contributed by atoms with Gasteiger partial charge in [0.25, 0.3) is 5.91 Å². The minimum atomic E-state index is 0.0611. The Kier molecular flexibility index (Phi) is 4.28. The lowest BCUT2D eigenvalue weighted by Gasteiger charge is -2.33. The maximum atomic E-state index is 13.3. The van der Waals surface area contributed by atoms with Gasteiger partial charge in [-0.2, -0.15) is 5.10 Å². The van der Waals surface area contributed by atoms with E-state index in [0.29, 0.717) is 11.5 Å². The number of aromatic nitrogens is 5. The van der Waals surface area contributed by atoms with Crippen molar-refractivity contribution in [1.29, 1.82) is 0 Å². The van der Waals surface area contributed by atoms with E-state index >= 15 is 0 Å². The van der Waals surface area contributed by atoms with Crippen LogP contribution in [0.5, 0.6) is 0 Å². The van der Waals surface area contributed by atoms with Crippen LogP contribution < -0.4 is 0 Å². The van der Waals surface area contributed by atoms with Crippen molar-refractivity contribution in [3.63, 3.8) is 0 Å². The molecule has 7 heteroatoms. The van der Waals surface area contributed by atoms with E-state index in [1.807, 2.05) is 54.1 Å². The number of benzene rings is 1. The quantitative estimate of drug-likeness (QED) is 0.727. The minimum absolute atomic E-state index is 0.0611. The number of aryl methyl sites for hydroxylation is 2. The van der Waals surface area contributed by atoms with Gasteiger partial charge in [-0.05, 0) is 37.5 Å². The first-order chi connectivity index (χ1) is 12.6. The zero-order valence-corrected chi connectivity index (χ0v) is 15.0. The monoisotopic (exact) mass is 350 g/mol. The van der Waals surface area contributed by atoms with Crippen LogP contribution in [0.15, 0.2) is 43.2 Å². The molecule has 0 N–H and O–H groups in total. The van der Waals surface area contributed by atoms with Crippen LogP contribution in [0.3, 0.4) is 0 Å². The number of hydrogen-bond donors (Lipinski definition) is 0. The highest BCUT2D eigenvalue weighted by atomic mass is 16.2. The molecule has 0 bridgehead atoms. The molecule has 1 amide bonds. The summed E-state index contributed by atoms with van der Waals surface area (Å²) >= 11 is 0. The lowest BCUT2D eigenvalue weighted by molar-refractivity contribution is 0.0707. The van der Waals surface area contributed by atoms with Crippen molar-refractivity contribution in [2.24, 2.45) is 7.05 Å². The lowest BCUT2D eigenvalue weighted by atomic mass is 9.92. The predicted octanol–water partition coefficient (Wildman–Crippen LogP) is 2.33. The molecule has 1 fully saturated rings. The Hall–Kier alpha value is -2.96. The van der Waals surface area contributed by atoms with Crippen LogP contribution in [-0.4, -0.2) is 48.4 Å². The minimum Gasteiger partial charge on any atom is -0.338 e. The highest BCUT2D eigenvalue weighted by Gasteiger charge is 2.27. The molecular weight excluding hydrogens is 328 g/mol. The molecular formula is C19H22N6O. The summed E-state index contributed by atoms with van der Waals surface area (Å²) in [4.78, 5) is 15.3. The fourth-order valence-corrected chi connectivity index (χ4v) is 3.63. The van der Waals surface area contributed by atoms with E-state index < -0.39 is 0 Å². The van der Waals surface area contributed by atoms with Crippen molar-refractivity contribution in [3.8, 4) is 5.69 Å². The van der Waals surface area contributed by atoms with E-state index in [4.69, 9.17) is 0 Å². The molecule has 0 saturated carbocycles. The number of rotatable bonds is 3. The van der Waals surface area contributed by atoms with Gasteiger partial charge in [0, 0.05) is 32.3 Å². The van der Waals surface area contributed by atoms with Crippen LogP contribution in [0.1, 0.15) is 40.2 Å². The molecule has 1 aliphatic heterocycles. The highest BCUT2D eigenvalue weighted by Crippen LogP contribution is 2.28. The van der Waals surface area contributed by atoms with Crippen molar-refractivity contribution < 1.29 is 4.79 Å². The summed E-state index contributed by atoms with van der Waals surface area (Å²) in [6.07, 6.45) is 9.29. The second kappa shape index (κ2) is 6.74. The first-order valence-corrected chi connectivity index (χ1v) is 8.85. The Morgan fingerprint density at radius 2 is 2.04 bits per heavy atom. The molecule has 1 aliphatic rings. The Balaban J connectivity index is 1.62. The van der Waals surface area contributed by atoms with E-state index in [1.165, 1.54) is 5.56 Å². The van der Waals surface area contributed by atoms with Gasteiger partial charge in [0.05, 0.1) is 17.4 Å². The van der Waals surface area contributed by atoms with E-state index in [0.717, 1.165) is 37.2 Å². The molecule has 0 spiro atoms. The summed E-state index contributed by atoms with van der Waals surface area (Å²) in [7, 11) is 1.92.